The molecule has 0 amide bonds. The summed E-state index contributed by atoms with van der Waals surface area (Å²) in [6, 6.07) is 4.20. The van der Waals surface area contributed by atoms with Crippen LogP contribution in [-0.4, -0.2) is 31.8 Å². The number of pyridine rings is 1. The average Bonchev–Trinajstić information content (AvgIpc) is 2.46. The van der Waals surface area contributed by atoms with E-state index in [4.69, 9.17) is 10.6 Å². The Bertz CT molecular complexity index is 374. The lowest BCUT2D eigenvalue weighted by molar-refractivity contribution is 0.00501. The van der Waals surface area contributed by atoms with Crippen molar-refractivity contribution in [3.8, 4) is 0 Å². The van der Waals surface area contributed by atoms with Gasteiger partial charge in [-0.3, -0.25) is 11.3 Å². The number of nitrogens with zero attached hydrogens (tertiary/aromatic N) is 2. The van der Waals surface area contributed by atoms with Crippen molar-refractivity contribution in [2.75, 3.05) is 25.6 Å². The molecule has 1 aliphatic rings. The molecule has 0 radical (unpaired) electrons. The van der Waals surface area contributed by atoms with E-state index in [1.54, 1.807) is 0 Å². The molecule has 3 N–H and O–H groups in total. The van der Waals surface area contributed by atoms with Gasteiger partial charge >= 0.3 is 0 Å². The first kappa shape index (κ1) is 14.2. The van der Waals surface area contributed by atoms with E-state index in [0.717, 1.165) is 30.8 Å². The van der Waals surface area contributed by atoms with Gasteiger partial charge in [0, 0.05) is 32.9 Å². The van der Waals surface area contributed by atoms with E-state index < -0.39 is 0 Å². The molecule has 1 saturated heterocycles. The zero-order valence-electron chi connectivity index (χ0n) is 11.8. The number of nitrogens with one attached hydrogen (secondary N) is 1. The fraction of sp³-hybridized carbons (Fsp3) is 0.643. The third-order valence-corrected chi connectivity index (χ3v) is 3.61. The molecular weight excluding hydrogens is 240 g/mol. The molecule has 0 saturated carbocycles. The van der Waals surface area contributed by atoms with Crippen LogP contribution in [0.25, 0.3) is 0 Å². The Morgan fingerprint density at radius 3 is 2.84 bits per heavy atom. The van der Waals surface area contributed by atoms with Crippen LogP contribution in [0.5, 0.6) is 0 Å². The monoisotopic (exact) mass is 264 g/mol. The largest absolute Gasteiger partial charge is 0.378 e. The maximum absolute atomic E-state index is 5.77. The number of nitrogens with two attached hydrogens (primary N) is 1. The Morgan fingerprint density at radius 1 is 1.47 bits per heavy atom. The van der Waals surface area contributed by atoms with E-state index in [1.165, 1.54) is 12.8 Å². The number of hydrogen-bond acceptors (Lipinski definition) is 5. The van der Waals surface area contributed by atoms with Gasteiger partial charge in [-0.05, 0) is 37.3 Å². The molecule has 1 aromatic heterocycles. The Hall–Kier alpha value is -1.17. The van der Waals surface area contributed by atoms with E-state index >= 15 is 0 Å². The Labute approximate surface area is 115 Å². The average molecular weight is 264 g/mol. The second kappa shape index (κ2) is 6.84. The molecule has 106 valence electrons. The van der Waals surface area contributed by atoms with Gasteiger partial charge in [0.1, 0.15) is 5.82 Å². The van der Waals surface area contributed by atoms with Crippen molar-refractivity contribution >= 4 is 5.82 Å². The normalized spacial score (nSPS) is 21.1. The van der Waals surface area contributed by atoms with Gasteiger partial charge in [0.15, 0.2) is 0 Å². The molecule has 2 unspecified atom stereocenters. The molecule has 2 rings (SSSR count). The smallest absolute Gasteiger partial charge is 0.127 e. The van der Waals surface area contributed by atoms with E-state index in [0.29, 0.717) is 6.10 Å². The van der Waals surface area contributed by atoms with Gasteiger partial charge in [0.2, 0.25) is 0 Å². The predicted octanol–water partition coefficient (Wildman–Crippen LogP) is 1.61. The molecule has 0 aliphatic carbocycles. The summed E-state index contributed by atoms with van der Waals surface area (Å²) in [7, 11) is 3.97. The summed E-state index contributed by atoms with van der Waals surface area (Å²) < 4.78 is 5.77. The highest BCUT2D eigenvalue weighted by Gasteiger charge is 2.20. The van der Waals surface area contributed by atoms with Gasteiger partial charge in [-0.15, -0.1) is 0 Å². The van der Waals surface area contributed by atoms with Crippen LogP contribution < -0.4 is 16.2 Å². The van der Waals surface area contributed by atoms with Crippen LogP contribution in [0.4, 0.5) is 5.82 Å². The lowest BCUT2D eigenvalue weighted by Gasteiger charge is -2.27. The van der Waals surface area contributed by atoms with Crippen LogP contribution in [0.3, 0.4) is 0 Å². The Kier molecular flexibility index (Phi) is 5.13. The molecule has 0 aromatic carbocycles. The van der Waals surface area contributed by atoms with Gasteiger partial charge in [0.25, 0.3) is 0 Å². The summed E-state index contributed by atoms with van der Waals surface area (Å²) in [5.41, 5.74) is 3.99. The van der Waals surface area contributed by atoms with E-state index in [1.807, 2.05) is 31.3 Å². The lowest BCUT2D eigenvalue weighted by atomic mass is 9.98. The van der Waals surface area contributed by atoms with Crippen LogP contribution in [0, 0.1) is 0 Å². The summed E-state index contributed by atoms with van der Waals surface area (Å²) in [5, 5.41) is 0. The van der Waals surface area contributed by atoms with Crippen LogP contribution >= 0.6 is 0 Å². The van der Waals surface area contributed by atoms with Crippen LogP contribution in [-0.2, 0) is 4.74 Å². The number of aromatic nitrogens is 1. The Morgan fingerprint density at radius 2 is 2.32 bits per heavy atom. The van der Waals surface area contributed by atoms with Crippen LogP contribution in [0.2, 0.25) is 0 Å². The van der Waals surface area contributed by atoms with Gasteiger partial charge in [0.05, 0.1) is 6.10 Å². The third-order valence-electron chi connectivity index (χ3n) is 3.61. The lowest BCUT2D eigenvalue weighted by Crippen LogP contribution is -2.33. The fourth-order valence-electron chi connectivity index (χ4n) is 2.42. The van der Waals surface area contributed by atoms with Crippen molar-refractivity contribution < 1.29 is 4.74 Å². The summed E-state index contributed by atoms with van der Waals surface area (Å²) >= 11 is 0. The highest BCUT2D eigenvalue weighted by Crippen LogP contribution is 2.24. The van der Waals surface area contributed by atoms with Crippen molar-refractivity contribution in [3.05, 3.63) is 23.9 Å². The minimum atomic E-state index is 0.104. The van der Waals surface area contributed by atoms with E-state index in [-0.39, 0.29) is 6.04 Å². The maximum atomic E-state index is 5.77. The first-order valence-corrected chi connectivity index (χ1v) is 6.91. The van der Waals surface area contributed by atoms with Crippen molar-refractivity contribution in [2.45, 2.75) is 37.8 Å². The number of hydrazine groups is 1. The summed E-state index contributed by atoms with van der Waals surface area (Å²) in [5.74, 6) is 6.63. The minimum absolute atomic E-state index is 0.104. The van der Waals surface area contributed by atoms with Gasteiger partial charge in [-0.2, -0.15) is 0 Å². The second-order valence-electron chi connectivity index (χ2n) is 5.29. The summed E-state index contributed by atoms with van der Waals surface area (Å²) in [6.45, 7) is 0.875. The molecule has 5 nitrogen and oxygen atoms in total. The number of anilines is 1. The van der Waals surface area contributed by atoms with Crippen molar-refractivity contribution in [3.63, 3.8) is 0 Å². The van der Waals surface area contributed by atoms with E-state index in [2.05, 4.69) is 16.5 Å². The molecule has 0 spiro atoms. The van der Waals surface area contributed by atoms with Crippen LogP contribution in [0.1, 0.15) is 37.3 Å². The highest BCUT2D eigenvalue weighted by molar-refractivity contribution is 5.37. The summed E-state index contributed by atoms with van der Waals surface area (Å²) in [4.78, 5) is 6.41. The predicted molar refractivity (Wildman–Crippen MR) is 76.8 cm³/mol. The molecule has 2 heterocycles. The first-order chi connectivity index (χ1) is 9.20. The van der Waals surface area contributed by atoms with E-state index in [9.17, 15) is 0 Å². The standard InChI is InChI=1S/C14H24N4O/c1-18(2)14-7-6-11(10-16-14)13(17-15)9-12-5-3-4-8-19-12/h6-7,10,12-13,17H,3-5,8-9,15H2,1-2H3. The fourth-order valence-corrected chi connectivity index (χ4v) is 2.42. The third kappa shape index (κ3) is 3.89. The van der Waals surface area contributed by atoms with Crippen molar-refractivity contribution in [1.29, 1.82) is 0 Å². The zero-order chi connectivity index (χ0) is 13.7. The zero-order valence-corrected chi connectivity index (χ0v) is 11.8. The topological polar surface area (TPSA) is 63.4 Å². The van der Waals surface area contributed by atoms with Crippen LogP contribution in [0.15, 0.2) is 18.3 Å². The molecule has 0 bridgehead atoms. The van der Waals surface area contributed by atoms with Gasteiger partial charge in [-0.1, -0.05) is 6.07 Å². The molecule has 1 aromatic rings. The summed E-state index contributed by atoms with van der Waals surface area (Å²) in [6.07, 6.45) is 6.66. The molecular formula is C14H24N4O. The number of rotatable bonds is 5. The first-order valence-electron chi connectivity index (χ1n) is 6.91. The second-order valence-corrected chi connectivity index (χ2v) is 5.29. The molecule has 19 heavy (non-hydrogen) atoms. The Balaban J connectivity index is 1.99. The SMILES string of the molecule is CN(C)c1ccc(C(CC2CCCCO2)NN)cn1. The minimum Gasteiger partial charge on any atom is -0.378 e. The number of hydrogen-bond donors (Lipinski definition) is 2. The van der Waals surface area contributed by atoms with Gasteiger partial charge < -0.3 is 9.64 Å². The highest BCUT2D eigenvalue weighted by atomic mass is 16.5. The molecule has 5 heteroatoms. The maximum Gasteiger partial charge on any atom is 0.127 e. The van der Waals surface area contributed by atoms with Crippen molar-refractivity contribution in [2.24, 2.45) is 5.84 Å². The number of ether oxygens (including phenoxy) is 1. The molecule has 1 aliphatic heterocycles. The molecule has 2 atom stereocenters. The van der Waals surface area contributed by atoms with Gasteiger partial charge in [-0.25, -0.2) is 4.98 Å². The quantitative estimate of drug-likeness (QED) is 0.625. The van der Waals surface area contributed by atoms with Crippen molar-refractivity contribution in [1.82, 2.24) is 10.4 Å². The molecule has 1 fully saturated rings.